The molecule has 0 N–H and O–H groups in total. The highest BCUT2D eigenvalue weighted by molar-refractivity contribution is 8.26. The third kappa shape index (κ3) is 2.45. The Bertz CT molecular complexity index is 520. The molecule has 1 amide bonds. The molecular formula is C12H9NO2S2. The van der Waals surface area contributed by atoms with Gasteiger partial charge >= 0.3 is 0 Å². The van der Waals surface area contributed by atoms with Gasteiger partial charge in [0.2, 0.25) is 0 Å². The van der Waals surface area contributed by atoms with Crippen LogP contribution in [0.1, 0.15) is 15.9 Å². The standard InChI is InChI=1S/C12H9NO2S2/c1-13-11(15)10(17-12(13)16)6-8-2-4-9(7-14)5-3-8/h2-7H,1H3. The van der Waals surface area contributed by atoms with Crippen LogP contribution in [0.3, 0.4) is 0 Å². The van der Waals surface area contributed by atoms with Gasteiger partial charge < -0.3 is 0 Å². The number of carbonyl (C=O) groups excluding carboxylic acids is 2. The minimum atomic E-state index is -0.0838. The van der Waals surface area contributed by atoms with Crippen LogP contribution in [-0.2, 0) is 4.79 Å². The van der Waals surface area contributed by atoms with Crippen LogP contribution in [0.15, 0.2) is 29.2 Å². The molecule has 86 valence electrons. The maximum atomic E-state index is 11.7. The summed E-state index contributed by atoms with van der Waals surface area (Å²) >= 11 is 6.32. The molecule has 0 aromatic heterocycles. The number of carbonyl (C=O) groups is 2. The van der Waals surface area contributed by atoms with Gasteiger partial charge in [0, 0.05) is 12.6 Å². The van der Waals surface area contributed by atoms with Crippen molar-refractivity contribution in [2.45, 2.75) is 0 Å². The first kappa shape index (κ1) is 12.0. The van der Waals surface area contributed by atoms with Gasteiger partial charge in [-0.1, -0.05) is 48.2 Å². The Morgan fingerprint density at radius 2 is 1.82 bits per heavy atom. The van der Waals surface area contributed by atoms with Crippen molar-refractivity contribution in [1.82, 2.24) is 4.90 Å². The van der Waals surface area contributed by atoms with Gasteiger partial charge in [-0.25, -0.2) is 0 Å². The van der Waals surface area contributed by atoms with Crippen molar-refractivity contribution in [2.24, 2.45) is 0 Å². The van der Waals surface area contributed by atoms with Crippen molar-refractivity contribution in [1.29, 1.82) is 0 Å². The first-order valence-electron chi connectivity index (χ1n) is 4.88. The zero-order chi connectivity index (χ0) is 12.4. The normalized spacial score (nSPS) is 17.9. The summed E-state index contributed by atoms with van der Waals surface area (Å²) in [5.41, 5.74) is 1.50. The smallest absolute Gasteiger partial charge is 0.265 e. The zero-order valence-electron chi connectivity index (χ0n) is 9.04. The predicted molar refractivity (Wildman–Crippen MR) is 72.8 cm³/mol. The molecule has 1 aromatic carbocycles. The molecule has 0 saturated carbocycles. The van der Waals surface area contributed by atoms with Gasteiger partial charge in [-0.05, 0) is 11.6 Å². The summed E-state index contributed by atoms with van der Waals surface area (Å²) in [5.74, 6) is -0.0838. The van der Waals surface area contributed by atoms with Crippen molar-refractivity contribution < 1.29 is 9.59 Å². The fourth-order valence-electron chi connectivity index (χ4n) is 1.37. The summed E-state index contributed by atoms with van der Waals surface area (Å²) in [4.78, 5) is 24.3. The number of hydrogen-bond donors (Lipinski definition) is 0. The van der Waals surface area contributed by atoms with E-state index in [4.69, 9.17) is 12.2 Å². The number of amides is 1. The molecule has 0 atom stereocenters. The molecule has 1 saturated heterocycles. The van der Waals surface area contributed by atoms with Crippen LogP contribution in [0.2, 0.25) is 0 Å². The summed E-state index contributed by atoms with van der Waals surface area (Å²) in [7, 11) is 1.66. The fourth-order valence-corrected chi connectivity index (χ4v) is 2.55. The van der Waals surface area contributed by atoms with E-state index in [0.717, 1.165) is 11.8 Å². The van der Waals surface area contributed by atoms with Crippen LogP contribution in [0.5, 0.6) is 0 Å². The first-order valence-corrected chi connectivity index (χ1v) is 6.11. The van der Waals surface area contributed by atoms with Gasteiger partial charge in [0.15, 0.2) is 0 Å². The van der Waals surface area contributed by atoms with Gasteiger partial charge in [0.05, 0.1) is 4.91 Å². The van der Waals surface area contributed by atoms with E-state index >= 15 is 0 Å². The Hall–Kier alpha value is -1.46. The van der Waals surface area contributed by atoms with E-state index in [1.807, 2.05) is 0 Å². The van der Waals surface area contributed by atoms with E-state index in [1.165, 1.54) is 16.7 Å². The first-order chi connectivity index (χ1) is 8.11. The van der Waals surface area contributed by atoms with Crippen LogP contribution in [-0.4, -0.2) is 28.5 Å². The molecule has 0 spiro atoms. The SMILES string of the molecule is CN1C(=O)C(=Cc2ccc(C=O)cc2)SC1=S. The van der Waals surface area contributed by atoms with E-state index in [1.54, 1.807) is 37.4 Å². The molecule has 1 aromatic rings. The van der Waals surface area contributed by atoms with E-state index in [0.29, 0.717) is 14.8 Å². The lowest BCUT2D eigenvalue weighted by Gasteiger charge is -2.03. The highest BCUT2D eigenvalue weighted by Gasteiger charge is 2.28. The van der Waals surface area contributed by atoms with Gasteiger partial charge in [-0.2, -0.15) is 0 Å². The van der Waals surface area contributed by atoms with E-state index in [-0.39, 0.29) is 5.91 Å². The van der Waals surface area contributed by atoms with E-state index < -0.39 is 0 Å². The Balaban J connectivity index is 2.27. The summed E-state index contributed by atoms with van der Waals surface area (Å²) in [5, 5.41) is 0. The number of thioether (sulfide) groups is 1. The quantitative estimate of drug-likeness (QED) is 0.466. The zero-order valence-corrected chi connectivity index (χ0v) is 10.7. The van der Waals surface area contributed by atoms with Crippen LogP contribution >= 0.6 is 24.0 Å². The summed E-state index contributed by atoms with van der Waals surface area (Å²) in [6.07, 6.45) is 2.56. The van der Waals surface area contributed by atoms with E-state index in [9.17, 15) is 9.59 Å². The van der Waals surface area contributed by atoms with Crippen molar-refractivity contribution in [3.8, 4) is 0 Å². The molecule has 1 heterocycles. The second-order valence-corrected chi connectivity index (χ2v) is 5.20. The molecule has 1 aliphatic rings. The molecule has 0 aliphatic carbocycles. The Labute approximate surface area is 108 Å². The van der Waals surface area contributed by atoms with Gasteiger partial charge in [0.1, 0.15) is 10.6 Å². The van der Waals surface area contributed by atoms with Crippen LogP contribution in [0, 0.1) is 0 Å². The molecule has 0 unspecified atom stereocenters. The van der Waals surface area contributed by atoms with Gasteiger partial charge in [-0.3, -0.25) is 14.5 Å². The predicted octanol–water partition coefficient (Wildman–Crippen LogP) is 2.33. The second kappa shape index (κ2) is 4.81. The number of nitrogens with zero attached hydrogens (tertiary/aromatic N) is 1. The molecule has 5 heteroatoms. The third-order valence-electron chi connectivity index (χ3n) is 2.36. The maximum Gasteiger partial charge on any atom is 0.265 e. The second-order valence-electron chi connectivity index (χ2n) is 3.53. The van der Waals surface area contributed by atoms with E-state index in [2.05, 4.69) is 0 Å². The minimum absolute atomic E-state index is 0.0838. The van der Waals surface area contributed by atoms with Gasteiger partial charge in [0.25, 0.3) is 5.91 Å². The monoisotopic (exact) mass is 263 g/mol. The highest BCUT2D eigenvalue weighted by atomic mass is 32.2. The van der Waals surface area contributed by atoms with Crippen molar-refractivity contribution in [3.63, 3.8) is 0 Å². The average molecular weight is 263 g/mol. The number of rotatable bonds is 2. The van der Waals surface area contributed by atoms with Crippen LogP contribution < -0.4 is 0 Å². The third-order valence-corrected chi connectivity index (χ3v) is 3.84. The fraction of sp³-hybridized carbons (Fsp3) is 0.0833. The van der Waals surface area contributed by atoms with Crippen molar-refractivity contribution in [2.75, 3.05) is 7.05 Å². The number of likely N-dealkylation sites (N-methyl/N-ethyl adjacent to an activating group) is 1. The molecule has 17 heavy (non-hydrogen) atoms. The van der Waals surface area contributed by atoms with Crippen molar-refractivity contribution in [3.05, 3.63) is 40.3 Å². The summed E-state index contributed by atoms with van der Waals surface area (Å²) in [6, 6.07) is 7.02. The molecule has 0 radical (unpaired) electrons. The Morgan fingerprint density at radius 3 is 2.29 bits per heavy atom. The van der Waals surface area contributed by atoms with Gasteiger partial charge in [-0.15, -0.1) is 0 Å². The molecular weight excluding hydrogens is 254 g/mol. The molecule has 1 fully saturated rings. The molecule has 1 aliphatic heterocycles. The maximum absolute atomic E-state index is 11.7. The lowest BCUT2D eigenvalue weighted by atomic mass is 10.1. The van der Waals surface area contributed by atoms with Crippen LogP contribution in [0.4, 0.5) is 0 Å². The van der Waals surface area contributed by atoms with Crippen molar-refractivity contribution >= 4 is 46.6 Å². The number of aldehydes is 1. The lowest BCUT2D eigenvalue weighted by molar-refractivity contribution is -0.121. The summed E-state index contributed by atoms with van der Waals surface area (Å²) in [6.45, 7) is 0. The molecule has 2 rings (SSSR count). The number of benzene rings is 1. The average Bonchev–Trinajstić information content (AvgIpc) is 2.58. The topological polar surface area (TPSA) is 37.4 Å². The molecule has 0 bridgehead atoms. The van der Waals surface area contributed by atoms with Crippen LogP contribution in [0.25, 0.3) is 6.08 Å². The number of thiocarbonyl (C=S) groups is 1. The molecule has 3 nitrogen and oxygen atoms in total. The highest BCUT2D eigenvalue weighted by Crippen LogP contribution is 2.31. The Kier molecular flexibility index (Phi) is 3.40. The minimum Gasteiger partial charge on any atom is -0.298 e. The summed E-state index contributed by atoms with van der Waals surface area (Å²) < 4.78 is 0.561. The lowest BCUT2D eigenvalue weighted by Crippen LogP contribution is -2.22. The number of hydrogen-bond acceptors (Lipinski definition) is 4. The largest absolute Gasteiger partial charge is 0.298 e. The Morgan fingerprint density at radius 1 is 1.24 bits per heavy atom.